The molecule has 1 aliphatic rings. The number of nitrogens with one attached hydrogen (secondary N) is 1. The summed E-state index contributed by atoms with van der Waals surface area (Å²) in [6.07, 6.45) is -3.84. The predicted octanol–water partition coefficient (Wildman–Crippen LogP) is 3.75. The molecular weight excluding hydrogens is 485 g/mol. The van der Waals surface area contributed by atoms with E-state index in [9.17, 15) is 32.7 Å². The van der Waals surface area contributed by atoms with Crippen LogP contribution < -0.4 is 10.2 Å². The summed E-state index contributed by atoms with van der Waals surface area (Å²) in [5.74, 6) is -2.58. The number of carbonyl (C=O) groups is 3. The number of carboxylic acids is 1. The molecule has 2 aromatic rings. The maximum Gasteiger partial charge on any atom is 0.416 e. The van der Waals surface area contributed by atoms with Crippen molar-refractivity contribution < 1.29 is 37.4 Å². The first kappa shape index (κ1) is 26.6. The number of carboxylic acid groups (broad SMARTS) is 1. The lowest BCUT2D eigenvalue weighted by molar-refractivity contribution is -0.146. The molecule has 2 atom stereocenters. The molecule has 3 rings (SSSR count). The van der Waals surface area contributed by atoms with E-state index in [2.05, 4.69) is 5.32 Å². The third kappa shape index (κ3) is 6.98. The lowest BCUT2D eigenvalue weighted by Crippen LogP contribution is -2.54. The maximum absolute atomic E-state index is 13.3. The summed E-state index contributed by atoms with van der Waals surface area (Å²) in [4.78, 5) is 38.6. The van der Waals surface area contributed by atoms with Crippen molar-refractivity contribution in [3.8, 4) is 0 Å². The topological polar surface area (TPSA) is 95.9 Å². The number of benzene rings is 2. The van der Waals surface area contributed by atoms with Crippen LogP contribution in [0.15, 0.2) is 53.4 Å². The molecule has 0 fully saturated rings. The van der Waals surface area contributed by atoms with E-state index in [4.69, 9.17) is 4.74 Å². The Hall–Kier alpha value is -3.05. The average molecular weight is 511 g/mol. The van der Waals surface area contributed by atoms with E-state index in [0.717, 1.165) is 34.4 Å². The van der Waals surface area contributed by atoms with Crippen LogP contribution in [0.5, 0.6) is 0 Å². The minimum atomic E-state index is -4.66. The number of hydrogen-bond acceptors (Lipinski definition) is 6. The smallest absolute Gasteiger partial charge is 0.416 e. The summed E-state index contributed by atoms with van der Waals surface area (Å²) in [5, 5.41) is 12.3. The predicted molar refractivity (Wildman–Crippen MR) is 124 cm³/mol. The summed E-state index contributed by atoms with van der Waals surface area (Å²) in [6.45, 7) is 0.967. The first-order valence-corrected chi connectivity index (χ1v) is 11.9. The quantitative estimate of drug-likeness (QED) is 0.496. The largest absolute Gasteiger partial charge is 0.480 e. The van der Waals surface area contributed by atoms with E-state index in [1.165, 1.54) is 6.07 Å². The molecule has 2 aromatic carbocycles. The minimum Gasteiger partial charge on any atom is -0.480 e. The second-order valence-corrected chi connectivity index (χ2v) is 8.92. The van der Waals surface area contributed by atoms with Crippen LogP contribution in [0.1, 0.15) is 24.5 Å². The summed E-state index contributed by atoms with van der Waals surface area (Å²) in [5.41, 5.74) is -0.137. The van der Waals surface area contributed by atoms with Gasteiger partial charge in [0.15, 0.2) is 0 Å². The van der Waals surface area contributed by atoms with E-state index < -0.39 is 48.2 Å². The molecule has 11 heteroatoms. The number of anilines is 1. The van der Waals surface area contributed by atoms with Gasteiger partial charge in [-0.2, -0.15) is 13.2 Å². The number of aliphatic carboxylic acids is 1. The van der Waals surface area contributed by atoms with Gasteiger partial charge in [-0.3, -0.25) is 24.6 Å². The zero-order valence-electron chi connectivity index (χ0n) is 18.9. The fraction of sp³-hybridized carbons (Fsp3) is 0.375. The van der Waals surface area contributed by atoms with Crippen LogP contribution in [0.25, 0.3) is 0 Å². The Morgan fingerprint density at radius 3 is 2.57 bits per heavy atom. The highest BCUT2D eigenvalue weighted by molar-refractivity contribution is 7.99. The number of halogens is 3. The van der Waals surface area contributed by atoms with Gasteiger partial charge in [0.05, 0.1) is 23.9 Å². The maximum atomic E-state index is 13.3. The van der Waals surface area contributed by atoms with Gasteiger partial charge in [0, 0.05) is 10.6 Å². The molecule has 0 saturated heterocycles. The fourth-order valence-electron chi connectivity index (χ4n) is 3.71. The van der Waals surface area contributed by atoms with E-state index in [-0.39, 0.29) is 18.0 Å². The van der Waals surface area contributed by atoms with E-state index in [1.54, 1.807) is 6.92 Å². The number of esters is 1. The molecule has 0 radical (unpaired) electrons. The van der Waals surface area contributed by atoms with Crippen molar-refractivity contribution in [3.05, 3.63) is 59.7 Å². The van der Waals surface area contributed by atoms with Gasteiger partial charge in [-0.15, -0.1) is 11.8 Å². The fourth-order valence-corrected chi connectivity index (χ4v) is 4.77. The molecule has 0 aromatic heterocycles. The van der Waals surface area contributed by atoms with Crippen LogP contribution in [0.2, 0.25) is 0 Å². The Balaban J connectivity index is 1.87. The standard InChI is InChI=1S/C24H25F3N2O5S/c1-2-34-23(33)17(10-8-15-6-4-3-5-7-15)28-18-14-35-20-11-9-16(24(25,26)27)12-19(20)29(22(18)32)13-21(30)31/h3-7,9,11-12,17-18,28H,2,8,10,13-14H2,1H3,(H,30,31)/t17-,18?/m1/s1. The highest BCUT2D eigenvalue weighted by atomic mass is 32.2. The highest BCUT2D eigenvalue weighted by Gasteiger charge is 2.37. The van der Waals surface area contributed by atoms with Crippen molar-refractivity contribution in [3.63, 3.8) is 0 Å². The van der Waals surface area contributed by atoms with Gasteiger partial charge in [-0.05, 0) is 43.5 Å². The van der Waals surface area contributed by atoms with Crippen molar-refractivity contribution in [1.82, 2.24) is 5.32 Å². The Morgan fingerprint density at radius 2 is 1.94 bits per heavy atom. The molecule has 1 unspecified atom stereocenters. The van der Waals surface area contributed by atoms with Gasteiger partial charge in [-0.1, -0.05) is 30.3 Å². The Labute approximate surface area is 204 Å². The second kappa shape index (κ2) is 11.6. The van der Waals surface area contributed by atoms with Crippen LogP contribution >= 0.6 is 11.8 Å². The van der Waals surface area contributed by atoms with E-state index in [1.807, 2.05) is 30.3 Å². The van der Waals surface area contributed by atoms with Gasteiger partial charge in [-0.25, -0.2) is 0 Å². The summed E-state index contributed by atoms with van der Waals surface area (Å²) in [7, 11) is 0. The molecule has 0 saturated carbocycles. The molecule has 2 N–H and O–H groups in total. The Kier molecular flexibility index (Phi) is 8.79. The lowest BCUT2D eigenvalue weighted by Gasteiger charge is -2.27. The number of ether oxygens (including phenoxy) is 1. The molecule has 35 heavy (non-hydrogen) atoms. The van der Waals surface area contributed by atoms with Gasteiger partial charge < -0.3 is 9.84 Å². The number of alkyl halides is 3. The first-order valence-electron chi connectivity index (χ1n) is 10.9. The van der Waals surface area contributed by atoms with Gasteiger partial charge >= 0.3 is 18.1 Å². The van der Waals surface area contributed by atoms with Crippen molar-refractivity contribution in [1.29, 1.82) is 0 Å². The molecule has 0 spiro atoms. The molecule has 1 aliphatic heterocycles. The molecule has 1 heterocycles. The van der Waals surface area contributed by atoms with Gasteiger partial charge in [0.1, 0.15) is 12.6 Å². The molecule has 0 aliphatic carbocycles. The van der Waals surface area contributed by atoms with Crippen molar-refractivity contribution >= 4 is 35.3 Å². The third-order valence-corrected chi connectivity index (χ3v) is 6.53. The van der Waals surface area contributed by atoms with Crippen molar-refractivity contribution in [2.75, 3.05) is 23.8 Å². The number of nitrogens with zero attached hydrogens (tertiary/aromatic N) is 1. The molecule has 188 valence electrons. The zero-order chi connectivity index (χ0) is 25.6. The van der Waals surface area contributed by atoms with Gasteiger partial charge in [0.2, 0.25) is 5.91 Å². The number of carbonyl (C=O) groups excluding carboxylic acids is 2. The monoisotopic (exact) mass is 510 g/mol. The summed E-state index contributed by atoms with van der Waals surface area (Å²) in [6, 6.07) is 10.4. The van der Waals surface area contributed by atoms with Gasteiger partial charge in [0.25, 0.3) is 0 Å². The van der Waals surface area contributed by atoms with Crippen LogP contribution in [-0.4, -0.2) is 53.9 Å². The van der Waals surface area contributed by atoms with Crippen LogP contribution in [0.4, 0.5) is 18.9 Å². The lowest BCUT2D eigenvalue weighted by atomic mass is 10.0. The number of aryl methyl sites for hydroxylation is 1. The number of thioether (sulfide) groups is 1. The van der Waals surface area contributed by atoms with Crippen LogP contribution in [0.3, 0.4) is 0 Å². The minimum absolute atomic E-state index is 0.0918. The molecule has 1 amide bonds. The van der Waals surface area contributed by atoms with Crippen LogP contribution in [0, 0.1) is 0 Å². The summed E-state index contributed by atoms with van der Waals surface area (Å²) >= 11 is 1.12. The number of hydrogen-bond donors (Lipinski definition) is 2. The third-order valence-electron chi connectivity index (χ3n) is 5.38. The average Bonchev–Trinajstić information content (AvgIpc) is 2.93. The van der Waals surface area contributed by atoms with Crippen molar-refractivity contribution in [2.24, 2.45) is 0 Å². The zero-order valence-corrected chi connectivity index (χ0v) is 19.7. The van der Waals surface area contributed by atoms with E-state index in [0.29, 0.717) is 17.7 Å². The van der Waals surface area contributed by atoms with E-state index >= 15 is 0 Å². The molecular formula is C24H25F3N2O5S. The summed E-state index contributed by atoms with van der Waals surface area (Å²) < 4.78 is 45.0. The highest BCUT2D eigenvalue weighted by Crippen LogP contribution is 2.39. The normalized spacial score (nSPS) is 16.9. The Bertz CT molecular complexity index is 1060. The van der Waals surface area contributed by atoms with Crippen LogP contribution in [-0.2, 0) is 31.7 Å². The number of amides is 1. The molecule has 0 bridgehead atoms. The molecule has 7 nitrogen and oxygen atoms in total. The Morgan fingerprint density at radius 1 is 1.23 bits per heavy atom. The number of fused-ring (bicyclic) bond motifs is 1. The first-order chi connectivity index (χ1) is 16.6. The van der Waals surface area contributed by atoms with Crippen molar-refractivity contribution in [2.45, 2.75) is 42.9 Å². The SMILES string of the molecule is CCOC(=O)[C@@H](CCc1ccccc1)NC1CSc2ccc(C(F)(F)F)cc2N(CC(=O)O)C1=O. The number of rotatable bonds is 9. The second-order valence-electron chi connectivity index (χ2n) is 7.86.